The Morgan fingerprint density at radius 2 is 2.04 bits per heavy atom. The zero-order chi connectivity index (χ0) is 16.8. The number of thioether (sulfide) groups is 1. The number of hydrogen-bond acceptors (Lipinski definition) is 5. The number of amides is 1. The molecule has 2 aromatic rings. The van der Waals surface area contributed by atoms with Gasteiger partial charge in [-0.15, -0.1) is 5.10 Å². The molecule has 0 saturated heterocycles. The molecule has 0 aliphatic carbocycles. The fraction of sp³-hybridized carbons (Fsp3) is 0.400. The molecule has 0 atom stereocenters. The Hall–Kier alpha value is -2.22. The predicted molar refractivity (Wildman–Crippen MR) is 93.3 cm³/mol. The molecule has 0 saturated carbocycles. The van der Waals surface area contributed by atoms with Gasteiger partial charge in [0.1, 0.15) is 0 Å². The van der Waals surface area contributed by atoms with Crippen LogP contribution in [0.4, 0.5) is 11.4 Å². The highest BCUT2D eigenvalue weighted by Gasteiger charge is 2.11. The van der Waals surface area contributed by atoms with Crippen LogP contribution in [0.1, 0.15) is 13.3 Å². The van der Waals surface area contributed by atoms with Crippen LogP contribution in [-0.4, -0.2) is 40.5 Å². The number of carbonyl (C=O) groups is 1. The Balaban J connectivity index is 1.91. The van der Waals surface area contributed by atoms with E-state index in [4.69, 9.17) is 0 Å². The number of nitrogens with zero attached hydrogens (tertiary/aromatic N) is 3. The second-order valence-electron chi connectivity index (χ2n) is 5.24. The molecule has 124 valence electrons. The first-order valence-electron chi connectivity index (χ1n) is 7.36. The molecule has 8 heteroatoms. The van der Waals surface area contributed by atoms with E-state index in [1.807, 2.05) is 50.2 Å². The van der Waals surface area contributed by atoms with E-state index in [0.29, 0.717) is 11.7 Å². The number of carbonyl (C=O) groups excluding carboxylic acids is 1. The predicted octanol–water partition coefficient (Wildman–Crippen LogP) is 1.78. The van der Waals surface area contributed by atoms with Crippen molar-refractivity contribution in [3.05, 3.63) is 34.7 Å². The smallest absolute Gasteiger partial charge is 0.343 e. The van der Waals surface area contributed by atoms with Crippen molar-refractivity contribution < 1.29 is 4.79 Å². The number of benzene rings is 1. The fourth-order valence-electron chi connectivity index (χ4n) is 2.00. The summed E-state index contributed by atoms with van der Waals surface area (Å²) in [5, 5.41) is 9.73. The summed E-state index contributed by atoms with van der Waals surface area (Å²) in [5.41, 5.74) is 1.57. The zero-order valence-electron chi connectivity index (χ0n) is 13.5. The van der Waals surface area contributed by atoms with Gasteiger partial charge < -0.3 is 10.2 Å². The highest BCUT2D eigenvalue weighted by atomic mass is 32.2. The van der Waals surface area contributed by atoms with E-state index in [1.54, 1.807) is 4.57 Å². The van der Waals surface area contributed by atoms with Gasteiger partial charge in [-0.25, -0.2) is 9.89 Å². The highest BCUT2D eigenvalue weighted by Crippen LogP contribution is 2.17. The van der Waals surface area contributed by atoms with E-state index < -0.39 is 0 Å². The first-order chi connectivity index (χ1) is 11.0. The largest absolute Gasteiger partial charge is 0.378 e. The van der Waals surface area contributed by atoms with Crippen LogP contribution in [-0.2, 0) is 11.3 Å². The molecular formula is C15H21N5O2S. The lowest BCUT2D eigenvalue weighted by Gasteiger charge is -2.13. The van der Waals surface area contributed by atoms with Crippen molar-refractivity contribution in [3.63, 3.8) is 0 Å². The zero-order valence-corrected chi connectivity index (χ0v) is 14.3. The molecule has 0 unspecified atom stereocenters. The third kappa shape index (κ3) is 4.62. The Labute approximate surface area is 139 Å². The Kier molecular flexibility index (Phi) is 5.86. The summed E-state index contributed by atoms with van der Waals surface area (Å²) in [4.78, 5) is 25.6. The molecule has 1 aromatic carbocycles. The van der Waals surface area contributed by atoms with Crippen LogP contribution in [0.5, 0.6) is 0 Å². The third-order valence-electron chi connectivity index (χ3n) is 3.17. The lowest BCUT2D eigenvalue weighted by Crippen LogP contribution is -2.18. The Morgan fingerprint density at radius 3 is 2.65 bits per heavy atom. The average molecular weight is 335 g/mol. The van der Waals surface area contributed by atoms with Crippen LogP contribution in [0.2, 0.25) is 0 Å². The van der Waals surface area contributed by atoms with Crippen LogP contribution in [0.3, 0.4) is 0 Å². The summed E-state index contributed by atoms with van der Waals surface area (Å²) < 4.78 is 1.55. The van der Waals surface area contributed by atoms with Crippen molar-refractivity contribution in [1.82, 2.24) is 14.8 Å². The summed E-state index contributed by atoms with van der Waals surface area (Å²) in [6, 6.07) is 7.60. The van der Waals surface area contributed by atoms with E-state index in [0.717, 1.165) is 17.8 Å². The van der Waals surface area contributed by atoms with Crippen LogP contribution >= 0.6 is 11.8 Å². The van der Waals surface area contributed by atoms with Gasteiger partial charge >= 0.3 is 5.69 Å². The van der Waals surface area contributed by atoms with Crippen molar-refractivity contribution >= 4 is 29.0 Å². The van der Waals surface area contributed by atoms with Crippen LogP contribution in [0.25, 0.3) is 0 Å². The molecular weight excluding hydrogens is 314 g/mol. The van der Waals surface area contributed by atoms with Gasteiger partial charge in [-0.2, -0.15) is 0 Å². The van der Waals surface area contributed by atoms with Crippen molar-refractivity contribution in [2.24, 2.45) is 0 Å². The maximum atomic E-state index is 12.0. The first kappa shape index (κ1) is 17.1. The average Bonchev–Trinajstić information content (AvgIpc) is 2.87. The standard InChI is InChI=1S/C15H21N5O2S/c1-4-9-20-14(22)17-18-15(20)23-10-13(21)16-11-5-7-12(8-6-11)19(2)3/h5-8H,4,9-10H2,1-3H3,(H,16,21)(H,17,22). The Morgan fingerprint density at radius 1 is 1.35 bits per heavy atom. The van der Waals surface area contributed by atoms with E-state index >= 15 is 0 Å². The molecule has 0 aliphatic heterocycles. The van der Waals surface area contributed by atoms with Gasteiger partial charge in [0.15, 0.2) is 5.16 Å². The minimum absolute atomic E-state index is 0.133. The summed E-state index contributed by atoms with van der Waals surface area (Å²) in [6.45, 7) is 2.57. The van der Waals surface area contributed by atoms with E-state index in [9.17, 15) is 9.59 Å². The molecule has 2 rings (SSSR count). The maximum Gasteiger partial charge on any atom is 0.343 e. The van der Waals surface area contributed by atoms with Gasteiger partial charge in [-0.1, -0.05) is 18.7 Å². The lowest BCUT2D eigenvalue weighted by atomic mass is 10.2. The monoisotopic (exact) mass is 335 g/mol. The number of H-pyrrole nitrogens is 1. The van der Waals surface area contributed by atoms with Crippen molar-refractivity contribution in [1.29, 1.82) is 0 Å². The number of anilines is 2. The lowest BCUT2D eigenvalue weighted by molar-refractivity contribution is -0.113. The molecule has 0 bridgehead atoms. The van der Waals surface area contributed by atoms with Crippen LogP contribution in [0, 0.1) is 0 Å². The number of rotatable bonds is 7. The van der Waals surface area contributed by atoms with Gasteiger partial charge in [0.25, 0.3) is 0 Å². The normalized spacial score (nSPS) is 10.6. The topological polar surface area (TPSA) is 83.0 Å². The van der Waals surface area contributed by atoms with Gasteiger partial charge in [-0.05, 0) is 30.7 Å². The van der Waals surface area contributed by atoms with Gasteiger partial charge in [0.2, 0.25) is 5.91 Å². The van der Waals surface area contributed by atoms with Gasteiger partial charge in [0, 0.05) is 32.0 Å². The van der Waals surface area contributed by atoms with Crippen LogP contribution < -0.4 is 15.9 Å². The van der Waals surface area contributed by atoms with E-state index in [2.05, 4.69) is 15.5 Å². The van der Waals surface area contributed by atoms with Crippen molar-refractivity contribution in [2.45, 2.75) is 25.0 Å². The molecule has 0 radical (unpaired) electrons. The Bertz CT molecular complexity index is 705. The molecule has 0 spiro atoms. The third-order valence-corrected chi connectivity index (χ3v) is 4.15. The van der Waals surface area contributed by atoms with Crippen molar-refractivity contribution in [2.75, 3.05) is 30.1 Å². The fourth-order valence-corrected chi connectivity index (χ4v) is 2.78. The minimum Gasteiger partial charge on any atom is -0.378 e. The summed E-state index contributed by atoms with van der Waals surface area (Å²) in [5.74, 6) is 0.0646. The minimum atomic E-state index is -0.242. The summed E-state index contributed by atoms with van der Waals surface area (Å²) in [6.07, 6.45) is 0.831. The molecule has 7 nitrogen and oxygen atoms in total. The van der Waals surface area contributed by atoms with Gasteiger partial charge in [-0.3, -0.25) is 9.36 Å². The quantitative estimate of drug-likeness (QED) is 0.754. The molecule has 0 fully saturated rings. The molecule has 1 aromatic heterocycles. The molecule has 1 heterocycles. The van der Waals surface area contributed by atoms with Crippen molar-refractivity contribution in [3.8, 4) is 0 Å². The van der Waals surface area contributed by atoms with E-state index in [-0.39, 0.29) is 17.3 Å². The molecule has 23 heavy (non-hydrogen) atoms. The second kappa shape index (κ2) is 7.87. The number of nitrogens with one attached hydrogen (secondary N) is 2. The van der Waals surface area contributed by atoms with Crippen LogP contribution in [0.15, 0.2) is 34.2 Å². The number of hydrogen-bond donors (Lipinski definition) is 2. The number of aromatic amines is 1. The number of aromatic nitrogens is 3. The summed E-state index contributed by atoms with van der Waals surface area (Å²) >= 11 is 1.24. The first-order valence-corrected chi connectivity index (χ1v) is 8.35. The molecule has 2 N–H and O–H groups in total. The molecule has 1 amide bonds. The maximum absolute atomic E-state index is 12.0. The van der Waals surface area contributed by atoms with E-state index in [1.165, 1.54) is 11.8 Å². The van der Waals surface area contributed by atoms with Gasteiger partial charge in [0.05, 0.1) is 5.75 Å². The SMILES string of the molecule is CCCn1c(SCC(=O)Nc2ccc(N(C)C)cc2)n[nH]c1=O. The summed E-state index contributed by atoms with van der Waals surface area (Å²) in [7, 11) is 3.92. The second-order valence-corrected chi connectivity index (χ2v) is 6.18. The highest BCUT2D eigenvalue weighted by molar-refractivity contribution is 7.99. The molecule has 0 aliphatic rings.